The SMILES string of the molecule is COc1ccc(C2CCN(C(=O)CN(C)S(=O)(=O)c3ccc(Cl)s3)C2)cc1. The van der Waals surface area contributed by atoms with Crippen LogP contribution < -0.4 is 4.74 Å². The number of carbonyl (C=O) groups excluding carboxylic acids is 1. The summed E-state index contributed by atoms with van der Waals surface area (Å²) >= 11 is 6.81. The molecular weight excluding hydrogens is 408 g/mol. The lowest BCUT2D eigenvalue weighted by Gasteiger charge is -2.21. The third-order valence-electron chi connectivity index (χ3n) is 4.70. The first-order valence-corrected chi connectivity index (χ1v) is 11.1. The first kappa shape index (κ1) is 20.1. The van der Waals surface area contributed by atoms with Gasteiger partial charge in [-0.05, 0) is 36.2 Å². The summed E-state index contributed by atoms with van der Waals surface area (Å²) in [4.78, 5) is 14.3. The molecule has 146 valence electrons. The molecule has 9 heteroatoms. The van der Waals surface area contributed by atoms with E-state index in [0.29, 0.717) is 17.4 Å². The van der Waals surface area contributed by atoms with Crippen molar-refractivity contribution in [1.82, 2.24) is 9.21 Å². The van der Waals surface area contributed by atoms with Crippen LogP contribution in [0.3, 0.4) is 0 Å². The zero-order valence-corrected chi connectivity index (χ0v) is 17.5. The van der Waals surface area contributed by atoms with Gasteiger partial charge >= 0.3 is 0 Å². The smallest absolute Gasteiger partial charge is 0.252 e. The molecule has 0 bridgehead atoms. The van der Waals surface area contributed by atoms with Crippen LogP contribution in [0.1, 0.15) is 17.9 Å². The van der Waals surface area contributed by atoms with Crippen LogP contribution >= 0.6 is 22.9 Å². The number of nitrogens with zero attached hydrogens (tertiary/aromatic N) is 2. The van der Waals surface area contributed by atoms with E-state index in [0.717, 1.165) is 33.4 Å². The predicted molar refractivity (Wildman–Crippen MR) is 106 cm³/mol. The van der Waals surface area contributed by atoms with Crippen molar-refractivity contribution in [3.8, 4) is 5.75 Å². The molecule has 1 fully saturated rings. The van der Waals surface area contributed by atoms with E-state index >= 15 is 0 Å². The summed E-state index contributed by atoms with van der Waals surface area (Å²) in [6, 6.07) is 10.8. The third-order valence-corrected chi connectivity index (χ3v) is 8.20. The zero-order valence-electron chi connectivity index (χ0n) is 15.1. The maximum absolute atomic E-state index is 12.6. The summed E-state index contributed by atoms with van der Waals surface area (Å²) in [6.45, 7) is 1.02. The van der Waals surface area contributed by atoms with Crippen LogP contribution in [0.15, 0.2) is 40.6 Å². The normalized spacial score (nSPS) is 17.5. The van der Waals surface area contributed by atoms with Crippen molar-refractivity contribution >= 4 is 38.9 Å². The van der Waals surface area contributed by atoms with Gasteiger partial charge in [0.25, 0.3) is 10.0 Å². The van der Waals surface area contributed by atoms with Crippen LogP contribution in [0, 0.1) is 0 Å². The van der Waals surface area contributed by atoms with Gasteiger partial charge < -0.3 is 9.64 Å². The van der Waals surface area contributed by atoms with Gasteiger partial charge in [0.2, 0.25) is 5.91 Å². The second-order valence-corrected chi connectivity index (χ2v) is 10.4. The molecule has 1 atom stereocenters. The number of halogens is 1. The quantitative estimate of drug-likeness (QED) is 0.709. The molecule has 1 aliphatic heterocycles. The molecule has 1 aromatic heterocycles. The molecule has 1 aliphatic rings. The summed E-state index contributed by atoms with van der Waals surface area (Å²) in [7, 11) is -0.671. The van der Waals surface area contributed by atoms with Crippen LogP contribution in [0.25, 0.3) is 0 Å². The number of rotatable bonds is 6. The fourth-order valence-corrected chi connectivity index (χ4v) is 5.91. The molecule has 3 rings (SSSR count). The van der Waals surface area contributed by atoms with Crippen molar-refractivity contribution in [2.75, 3.05) is 33.8 Å². The minimum absolute atomic E-state index is 0.139. The molecule has 1 unspecified atom stereocenters. The second-order valence-electron chi connectivity index (χ2n) is 6.42. The molecule has 27 heavy (non-hydrogen) atoms. The highest BCUT2D eigenvalue weighted by atomic mass is 35.5. The summed E-state index contributed by atoms with van der Waals surface area (Å²) < 4.78 is 31.9. The fraction of sp³-hybridized carbons (Fsp3) is 0.389. The number of hydrogen-bond donors (Lipinski definition) is 0. The number of likely N-dealkylation sites (N-methyl/N-ethyl adjacent to an activating group) is 1. The third kappa shape index (κ3) is 4.45. The lowest BCUT2D eigenvalue weighted by Crippen LogP contribution is -2.39. The number of amides is 1. The summed E-state index contributed by atoms with van der Waals surface area (Å²) in [5.41, 5.74) is 1.15. The predicted octanol–water partition coefficient (Wildman–Crippen LogP) is 3.05. The summed E-state index contributed by atoms with van der Waals surface area (Å²) in [6.07, 6.45) is 0.856. The number of ether oxygens (including phenoxy) is 1. The average Bonchev–Trinajstić information content (AvgIpc) is 3.31. The number of methoxy groups -OCH3 is 1. The van der Waals surface area contributed by atoms with Crippen LogP contribution in [0.4, 0.5) is 0 Å². The molecule has 1 saturated heterocycles. The highest BCUT2D eigenvalue weighted by Crippen LogP contribution is 2.30. The van der Waals surface area contributed by atoms with Crippen molar-refractivity contribution in [1.29, 1.82) is 0 Å². The van der Waals surface area contributed by atoms with E-state index in [1.165, 1.54) is 19.2 Å². The van der Waals surface area contributed by atoms with Gasteiger partial charge in [-0.3, -0.25) is 4.79 Å². The highest BCUT2D eigenvalue weighted by molar-refractivity contribution is 7.91. The van der Waals surface area contributed by atoms with E-state index < -0.39 is 10.0 Å². The van der Waals surface area contributed by atoms with Gasteiger partial charge in [0, 0.05) is 26.1 Å². The van der Waals surface area contributed by atoms with Crippen molar-refractivity contribution in [2.45, 2.75) is 16.5 Å². The van der Waals surface area contributed by atoms with Crippen LogP contribution in [-0.2, 0) is 14.8 Å². The number of sulfonamides is 1. The lowest BCUT2D eigenvalue weighted by molar-refractivity contribution is -0.130. The number of hydrogen-bond acceptors (Lipinski definition) is 5. The van der Waals surface area contributed by atoms with Crippen LogP contribution in [0.5, 0.6) is 5.75 Å². The van der Waals surface area contributed by atoms with E-state index in [9.17, 15) is 13.2 Å². The summed E-state index contributed by atoms with van der Waals surface area (Å²) in [5.74, 6) is 0.850. The molecule has 1 aromatic carbocycles. The van der Waals surface area contributed by atoms with Crippen molar-refractivity contribution in [3.05, 3.63) is 46.3 Å². The Hall–Kier alpha value is -1.61. The lowest BCUT2D eigenvalue weighted by atomic mass is 9.98. The molecule has 2 aromatic rings. The van der Waals surface area contributed by atoms with Crippen molar-refractivity contribution in [3.63, 3.8) is 0 Å². The Morgan fingerprint density at radius 2 is 2.00 bits per heavy atom. The monoisotopic (exact) mass is 428 g/mol. The van der Waals surface area contributed by atoms with E-state index in [-0.39, 0.29) is 22.6 Å². The zero-order chi connectivity index (χ0) is 19.6. The number of thiophene rings is 1. The Labute approximate surface area is 168 Å². The van der Waals surface area contributed by atoms with Crippen molar-refractivity contribution in [2.24, 2.45) is 0 Å². The van der Waals surface area contributed by atoms with Crippen LogP contribution in [-0.4, -0.2) is 57.3 Å². The van der Waals surface area contributed by atoms with Gasteiger partial charge in [-0.15, -0.1) is 11.3 Å². The first-order chi connectivity index (χ1) is 12.8. The fourth-order valence-electron chi connectivity index (χ4n) is 3.10. The molecular formula is C18H21ClN2O4S2. The number of benzene rings is 1. The molecule has 0 spiro atoms. The second kappa shape index (κ2) is 8.18. The van der Waals surface area contributed by atoms with E-state index in [1.807, 2.05) is 24.3 Å². The molecule has 0 aliphatic carbocycles. The minimum Gasteiger partial charge on any atom is -0.497 e. The largest absolute Gasteiger partial charge is 0.497 e. The van der Waals surface area contributed by atoms with Crippen molar-refractivity contribution < 1.29 is 17.9 Å². The van der Waals surface area contributed by atoms with Gasteiger partial charge in [0.1, 0.15) is 9.96 Å². The maximum Gasteiger partial charge on any atom is 0.252 e. The maximum atomic E-state index is 12.6. The molecule has 0 radical (unpaired) electrons. The van der Waals surface area contributed by atoms with Gasteiger partial charge in [-0.25, -0.2) is 8.42 Å². The van der Waals surface area contributed by atoms with E-state index in [4.69, 9.17) is 16.3 Å². The van der Waals surface area contributed by atoms with Crippen LogP contribution in [0.2, 0.25) is 4.34 Å². The van der Waals surface area contributed by atoms with E-state index in [1.54, 1.807) is 12.0 Å². The Kier molecular flexibility index (Phi) is 6.10. The molecule has 0 saturated carbocycles. The topological polar surface area (TPSA) is 66.9 Å². The standard InChI is InChI=1S/C18H21ClN2O4S2/c1-20(27(23,24)18-8-7-16(19)26-18)12-17(22)21-10-9-14(11-21)13-3-5-15(25-2)6-4-13/h3-8,14H,9-12H2,1-2H3. The van der Waals surface area contributed by atoms with Gasteiger partial charge in [-0.1, -0.05) is 23.7 Å². The molecule has 6 nitrogen and oxygen atoms in total. The minimum atomic E-state index is -3.71. The number of likely N-dealkylation sites (tertiary alicyclic amines) is 1. The van der Waals surface area contributed by atoms with Gasteiger partial charge in [0.15, 0.2) is 0 Å². The van der Waals surface area contributed by atoms with E-state index in [2.05, 4.69) is 0 Å². The average molecular weight is 429 g/mol. The molecule has 2 heterocycles. The number of carbonyl (C=O) groups is 1. The molecule has 0 N–H and O–H groups in total. The Morgan fingerprint density at radius 3 is 2.59 bits per heavy atom. The summed E-state index contributed by atoms with van der Waals surface area (Å²) in [5, 5.41) is 0. The highest BCUT2D eigenvalue weighted by Gasteiger charge is 2.31. The Balaban J connectivity index is 1.61. The van der Waals surface area contributed by atoms with Gasteiger partial charge in [0.05, 0.1) is 18.0 Å². The Bertz CT molecular complexity index is 912. The first-order valence-electron chi connectivity index (χ1n) is 8.44. The Morgan fingerprint density at radius 1 is 1.30 bits per heavy atom. The van der Waals surface area contributed by atoms with Gasteiger partial charge in [-0.2, -0.15) is 4.31 Å². The molecule has 1 amide bonds.